The highest BCUT2D eigenvalue weighted by Gasteiger charge is 2.33. The quantitative estimate of drug-likeness (QED) is 0.778. The van der Waals surface area contributed by atoms with Crippen molar-refractivity contribution in [3.63, 3.8) is 0 Å². The Morgan fingerprint density at radius 3 is 2.55 bits per heavy atom. The number of carbonyl (C=O) groups excluding carboxylic acids is 1. The zero-order valence-corrected chi connectivity index (χ0v) is 12.0. The molecule has 1 aliphatic rings. The van der Waals surface area contributed by atoms with Crippen molar-refractivity contribution < 1.29 is 18.4 Å². The van der Waals surface area contributed by atoms with E-state index in [0.29, 0.717) is 17.1 Å². The molecule has 0 N–H and O–H groups in total. The molecule has 1 atom stereocenters. The van der Waals surface area contributed by atoms with E-state index in [0.717, 1.165) is 11.1 Å². The van der Waals surface area contributed by atoms with E-state index in [-0.39, 0.29) is 0 Å². The van der Waals surface area contributed by atoms with Crippen LogP contribution in [0.15, 0.2) is 42.5 Å². The van der Waals surface area contributed by atoms with E-state index in [4.69, 9.17) is 13.6 Å². The Balaban J connectivity index is 1.87. The van der Waals surface area contributed by atoms with Crippen LogP contribution in [0.25, 0.3) is 0 Å². The van der Waals surface area contributed by atoms with Gasteiger partial charge in [0.15, 0.2) is 0 Å². The maximum Gasteiger partial charge on any atom is 0.532 e. The molecule has 0 fully saturated rings. The summed E-state index contributed by atoms with van der Waals surface area (Å²) in [7, 11) is -1.75. The van der Waals surface area contributed by atoms with Gasteiger partial charge in [0.05, 0.1) is 0 Å². The molecule has 102 valence electrons. The second-order valence-electron chi connectivity index (χ2n) is 4.56. The molecule has 0 radical (unpaired) electrons. The predicted molar refractivity (Wildman–Crippen MR) is 75.9 cm³/mol. The molecule has 3 rings (SSSR count). The number of hydrogen-bond acceptors (Lipinski definition) is 4. The largest absolute Gasteiger partial charge is 0.532 e. The fraction of sp³-hybridized carbons (Fsp3) is 0.133. The minimum absolute atomic E-state index is 0.403. The van der Waals surface area contributed by atoms with Crippen LogP contribution in [0.3, 0.4) is 0 Å². The Morgan fingerprint density at radius 1 is 1.05 bits per heavy atom. The predicted octanol–water partition coefficient (Wildman–Crippen LogP) is 4.16. The summed E-state index contributed by atoms with van der Waals surface area (Å²) in [4.78, 5) is 12.0. The van der Waals surface area contributed by atoms with Gasteiger partial charge in [0, 0.05) is 0 Å². The summed E-state index contributed by atoms with van der Waals surface area (Å²) >= 11 is 0. The van der Waals surface area contributed by atoms with Crippen molar-refractivity contribution in [2.75, 3.05) is 0 Å². The normalized spacial score (nSPS) is 16.9. The third kappa shape index (κ3) is 2.47. The van der Waals surface area contributed by atoms with Gasteiger partial charge in [-0.05, 0) is 43.2 Å². The molecule has 0 bridgehead atoms. The molecular formula is C15H13O4P. The first-order chi connectivity index (χ1) is 9.63. The summed E-state index contributed by atoms with van der Waals surface area (Å²) in [6, 6.07) is 12.9. The third-order valence-corrected chi connectivity index (χ3v) is 3.89. The van der Waals surface area contributed by atoms with Crippen LogP contribution in [0, 0.1) is 13.8 Å². The van der Waals surface area contributed by atoms with Gasteiger partial charge in [-0.3, -0.25) is 0 Å². The first-order valence-corrected chi connectivity index (χ1v) is 7.28. The van der Waals surface area contributed by atoms with Crippen LogP contribution >= 0.6 is 8.60 Å². The van der Waals surface area contributed by atoms with Crippen molar-refractivity contribution in [3.05, 3.63) is 59.2 Å². The molecule has 0 saturated carbocycles. The number of rotatable bonds is 2. The summed E-state index contributed by atoms with van der Waals surface area (Å²) in [5.41, 5.74) is 2.36. The number of hydrogen-bond donors (Lipinski definition) is 0. The van der Waals surface area contributed by atoms with Crippen molar-refractivity contribution in [3.8, 4) is 11.5 Å². The first-order valence-electron chi connectivity index (χ1n) is 6.18. The van der Waals surface area contributed by atoms with Gasteiger partial charge in [0.1, 0.15) is 17.1 Å². The molecule has 4 nitrogen and oxygen atoms in total. The highest BCUT2D eigenvalue weighted by molar-refractivity contribution is 7.43. The van der Waals surface area contributed by atoms with E-state index >= 15 is 0 Å². The Hall–Kier alpha value is -2.06. The minimum Gasteiger partial charge on any atom is -0.408 e. The maximum atomic E-state index is 12.0. The second-order valence-corrected chi connectivity index (χ2v) is 5.55. The van der Waals surface area contributed by atoms with Crippen LogP contribution in [0.5, 0.6) is 11.5 Å². The van der Waals surface area contributed by atoms with Crippen LogP contribution in [-0.4, -0.2) is 5.97 Å². The number of carbonyl (C=O) groups is 1. The molecule has 0 spiro atoms. The monoisotopic (exact) mass is 288 g/mol. The summed E-state index contributed by atoms with van der Waals surface area (Å²) in [6.07, 6.45) is 0. The lowest BCUT2D eigenvalue weighted by Crippen LogP contribution is -2.15. The molecule has 0 aliphatic carbocycles. The SMILES string of the molecule is Cc1cc(C)c2c(c1)C(=O)OP(Oc1ccccc1)O2. The summed E-state index contributed by atoms with van der Waals surface area (Å²) in [6.45, 7) is 3.83. The fourth-order valence-electron chi connectivity index (χ4n) is 2.04. The Morgan fingerprint density at radius 2 is 1.80 bits per heavy atom. The Kier molecular flexibility index (Phi) is 3.33. The van der Waals surface area contributed by atoms with Gasteiger partial charge < -0.3 is 13.6 Å². The zero-order valence-electron chi connectivity index (χ0n) is 11.1. The molecular weight excluding hydrogens is 275 g/mol. The van der Waals surface area contributed by atoms with E-state index in [2.05, 4.69) is 0 Å². The first kappa shape index (κ1) is 12.9. The van der Waals surface area contributed by atoms with Crippen LogP contribution in [-0.2, 0) is 4.52 Å². The van der Waals surface area contributed by atoms with E-state index in [1.54, 1.807) is 18.2 Å². The van der Waals surface area contributed by atoms with Crippen molar-refractivity contribution in [1.29, 1.82) is 0 Å². The fourth-order valence-corrected chi connectivity index (χ4v) is 3.07. The van der Waals surface area contributed by atoms with Crippen molar-refractivity contribution in [1.82, 2.24) is 0 Å². The minimum atomic E-state index is -1.75. The molecule has 5 heteroatoms. The van der Waals surface area contributed by atoms with Crippen molar-refractivity contribution in [2.24, 2.45) is 0 Å². The molecule has 0 aromatic heterocycles. The lowest BCUT2D eigenvalue weighted by atomic mass is 10.1. The van der Waals surface area contributed by atoms with Gasteiger partial charge in [-0.25, -0.2) is 4.79 Å². The van der Waals surface area contributed by atoms with Gasteiger partial charge in [0.2, 0.25) is 0 Å². The van der Waals surface area contributed by atoms with E-state index in [1.807, 2.05) is 38.1 Å². The van der Waals surface area contributed by atoms with Crippen LogP contribution < -0.4 is 9.05 Å². The molecule has 1 heterocycles. The zero-order chi connectivity index (χ0) is 14.1. The van der Waals surface area contributed by atoms with Gasteiger partial charge in [-0.15, -0.1) is 0 Å². The topological polar surface area (TPSA) is 44.8 Å². The van der Waals surface area contributed by atoms with E-state index in [1.165, 1.54) is 0 Å². The summed E-state index contributed by atoms with van der Waals surface area (Å²) in [5, 5.41) is 0. The van der Waals surface area contributed by atoms with Gasteiger partial charge in [0.25, 0.3) is 0 Å². The van der Waals surface area contributed by atoms with Crippen LogP contribution in [0.1, 0.15) is 21.5 Å². The smallest absolute Gasteiger partial charge is 0.408 e. The lowest BCUT2D eigenvalue weighted by molar-refractivity contribution is 0.0697. The molecule has 2 aromatic rings. The standard InChI is InChI=1S/C15H13O4P/c1-10-8-11(2)14-13(9-10)15(16)19-20(18-14)17-12-6-4-3-5-7-12/h3-9H,1-2H3. The second kappa shape index (κ2) is 5.14. The average molecular weight is 288 g/mol. The molecule has 2 aromatic carbocycles. The third-order valence-electron chi connectivity index (χ3n) is 2.89. The van der Waals surface area contributed by atoms with Crippen LogP contribution in [0.2, 0.25) is 0 Å². The highest BCUT2D eigenvalue weighted by atomic mass is 31.2. The van der Waals surface area contributed by atoms with E-state index < -0.39 is 14.6 Å². The molecule has 20 heavy (non-hydrogen) atoms. The van der Waals surface area contributed by atoms with Crippen molar-refractivity contribution in [2.45, 2.75) is 13.8 Å². The molecule has 1 aliphatic heterocycles. The average Bonchev–Trinajstić information content (AvgIpc) is 2.41. The number of fused-ring (bicyclic) bond motifs is 1. The van der Waals surface area contributed by atoms with Crippen LogP contribution in [0.4, 0.5) is 0 Å². The number of benzene rings is 2. The molecule has 0 amide bonds. The maximum absolute atomic E-state index is 12.0. The summed E-state index contributed by atoms with van der Waals surface area (Å²) < 4.78 is 16.5. The molecule has 1 unspecified atom stereocenters. The summed E-state index contributed by atoms with van der Waals surface area (Å²) in [5.74, 6) is 0.758. The van der Waals surface area contributed by atoms with Gasteiger partial charge >= 0.3 is 14.6 Å². The number of aryl methyl sites for hydroxylation is 2. The number of para-hydroxylation sites is 1. The molecule has 0 saturated heterocycles. The highest BCUT2D eigenvalue weighted by Crippen LogP contribution is 2.48. The van der Waals surface area contributed by atoms with E-state index in [9.17, 15) is 4.79 Å². The van der Waals surface area contributed by atoms with Gasteiger partial charge in [-0.2, -0.15) is 0 Å². The lowest BCUT2D eigenvalue weighted by Gasteiger charge is -2.24. The Labute approximate surface area is 118 Å². The van der Waals surface area contributed by atoms with Gasteiger partial charge in [-0.1, -0.05) is 24.3 Å². The Bertz CT molecular complexity index is 654. The van der Waals surface area contributed by atoms with Crippen molar-refractivity contribution >= 4 is 14.6 Å².